The van der Waals surface area contributed by atoms with Crippen LogP contribution in [0.4, 0.5) is 0 Å². The van der Waals surface area contributed by atoms with Crippen molar-refractivity contribution in [1.29, 1.82) is 0 Å². The third kappa shape index (κ3) is 2.31. The number of pyridine rings is 2. The van der Waals surface area contributed by atoms with E-state index in [1.807, 2.05) is 18.2 Å². The van der Waals surface area contributed by atoms with Gasteiger partial charge in [0.15, 0.2) is 5.65 Å². The summed E-state index contributed by atoms with van der Waals surface area (Å²) in [5, 5.41) is 0. The predicted molar refractivity (Wildman–Crippen MR) is 82.8 cm³/mol. The molecule has 6 heteroatoms. The molecule has 0 aliphatic carbocycles. The Morgan fingerprint density at radius 2 is 2.10 bits per heavy atom. The summed E-state index contributed by atoms with van der Waals surface area (Å²) in [4.78, 5) is 13.1. The number of fused-ring (bicyclic) bond motifs is 1. The van der Waals surface area contributed by atoms with Gasteiger partial charge in [0.2, 0.25) is 0 Å². The number of rotatable bonds is 3. The Bertz CT molecular complexity index is 742. The zero-order valence-electron chi connectivity index (χ0n) is 10.8. The number of nitrogens with zero attached hydrogens (tertiary/aromatic N) is 4. The number of alkyl halides is 1. The van der Waals surface area contributed by atoms with Crippen LogP contribution in [0.25, 0.3) is 11.2 Å². The second-order valence-electron chi connectivity index (χ2n) is 4.48. The van der Waals surface area contributed by atoms with E-state index in [4.69, 9.17) is 11.6 Å². The van der Waals surface area contributed by atoms with E-state index in [2.05, 4.69) is 42.4 Å². The van der Waals surface area contributed by atoms with E-state index in [0.717, 1.165) is 27.0 Å². The van der Waals surface area contributed by atoms with Gasteiger partial charge in [0.25, 0.3) is 0 Å². The molecule has 0 spiro atoms. The van der Waals surface area contributed by atoms with Crippen LogP contribution in [-0.2, 0) is 5.88 Å². The van der Waals surface area contributed by atoms with Crippen molar-refractivity contribution >= 4 is 38.7 Å². The van der Waals surface area contributed by atoms with Gasteiger partial charge in [0.05, 0.1) is 11.9 Å². The molecule has 0 saturated heterocycles. The number of halogens is 2. The average molecular weight is 352 g/mol. The van der Waals surface area contributed by atoms with E-state index in [1.165, 1.54) is 0 Å². The Balaban J connectivity index is 2.19. The maximum atomic E-state index is 6.04. The molecule has 0 fully saturated rings. The van der Waals surface area contributed by atoms with Crippen molar-refractivity contribution in [3.8, 4) is 0 Å². The predicted octanol–water partition coefficient (Wildman–Crippen LogP) is 3.94. The first kappa shape index (κ1) is 13.5. The van der Waals surface area contributed by atoms with E-state index in [9.17, 15) is 0 Å². The van der Waals surface area contributed by atoms with Crippen molar-refractivity contribution in [3.63, 3.8) is 0 Å². The van der Waals surface area contributed by atoms with Crippen LogP contribution < -0.4 is 0 Å². The number of imidazole rings is 1. The third-order valence-electron chi connectivity index (χ3n) is 3.26. The molecule has 0 bridgehead atoms. The lowest BCUT2D eigenvalue weighted by molar-refractivity contribution is 0.628. The zero-order chi connectivity index (χ0) is 14.1. The van der Waals surface area contributed by atoms with Gasteiger partial charge in [-0.3, -0.25) is 4.98 Å². The second kappa shape index (κ2) is 5.50. The molecule has 3 aromatic heterocycles. The maximum Gasteiger partial charge on any atom is 0.160 e. The van der Waals surface area contributed by atoms with E-state index in [-0.39, 0.29) is 6.04 Å². The Labute approximate surface area is 130 Å². The molecule has 0 N–H and O–H groups in total. The fraction of sp³-hybridized carbons (Fsp3) is 0.214. The topological polar surface area (TPSA) is 43.6 Å². The van der Waals surface area contributed by atoms with Gasteiger partial charge in [-0.2, -0.15) is 0 Å². The fourth-order valence-electron chi connectivity index (χ4n) is 2.30. The lowest BCUT2D eigenvalue weighted by Crippen LogP contribution is -2.10. The van der Waals surface area contributed by atoms with Crippen LogP contribution in [-0.4, -0.2) is 19.5 Å². The first-order valence-corrected chi connectivity index (χ1v) is 7.51. The summed E-state index contributed by atoms with van der Waals surface area (Å²) in [6, 6.07) is 6.04. The highest BCUT2D eigenvalue weighted by Crippen LogP contribution is 2.26. The largest absolute Gasteiger partial charge is 0.304 e. The van der Waals surface area contributed by atoms with Crippen molar-refractivity contribution in [3.05, 3.63) is 52.7 Å². The van der Waals surface area contributed by atoms with Crippen molar-refractivity contribution in [2.24, 2.45) is 0 Å². The molecule has 1 atom stereocenters. The van der Waals surface area contributed by atoms with E-state index < -0.39 is 0 Å². The molecular formula is C14H12BrClN4. The first-order valence-electron chi connectivity index (χ1n) is 6.19. The number of hydrogen-bond acceptors (Lipinski definition) is 3. The monoisotopic (exact) mass is 350 g/mol. The molecule has 1 unspecified atom stereocenters. The van der Waals surface area contributed by atoms with Crippen LogP contribution >= 0.6 is 27.5 Å². The fourth-order valence-corrected chi connectivity index (χ4v) is 2.80. The lowest BCUT2D eigenvalue weighted by atomic mass is 10.1. The van der Waals surface area contributed by atoms with Crippen molar-refractivity contribution < 1.29 is 0 Å². The van der Waals surface area contributed by atoms with Gasteiger partial charge in [-0.05, 0) is 46.6 Å². The number of hydrogen-bond donors (Lipinski definition) is 0. The van der Waals surface area contributed by atoms with Gasteiger partial charge in [0, 0.05) is 23.1 Å². The average Bonchev–Trinajstić information content (AvgIpc) is 2.84. The summed E-state index contributed by atoms with van der Waals surface area (Å²) in [5.41, 5.74) is 2.83. The highest BCUT2D eigenvalue weighted by Gasteiger charge is 2.17. The molecule has 0 aromatic carbocycles. The van der Waals surface area contributed by atoms with Crippen LogP contribution in [0.5, 0.6) is 0 Å². The summed E-state index contributed by atoms with van der Waals surface area (Å²) in [7, 11) is 0. The Morgan fingerprint density at radius 1 is 1.35 bits per heavy atom. The molecule has 3 heterocycles. The van der Waals surface area contributed by atoms with Crippen LogP contribution in [0.15, 0.2) is 41.3 Å². The molecule has 3 rings (SSSR count). The Hall–Kier alpha value is -1.46. The van der Waals surface area contributed by atoms with Crippen molar-refractivity contribution in [2.45, 2.75) is 18.8 Å². The molecule has 3 aromatic rings. The van der Waals surface area contributed by atoms with Gasteiger partial charge in [-0.1, -0.05) is 0 Å². The highest BCUT2D eigenvalue weighted by atomic mass is 79.9. The molecule has 0 saturated carbocycles. The molecule has 0 aliphatic rings. The minimum absolute atomic E-state index is 0.102. The maximum absolute atomic E-state index is 6.04. The number of aromatic nitrogens is 4. The van der Waals surface area contributed by atoms with Crippen molar-refractivity contribution in [2.75, 3.05) is 0 Å². The first-order chi connectivity index (χ1) is 9.70. The van der Waals surface area contributed by atoms with Gasteiger partial charge < -0.3 is 4.57 Å². The highest BCUT2D eigenvalue weighted by molar-refractivity contribution is 9.10. The Morgan fingerprint density at radius 3 is 2.80 bits per heavy atom. The van der Waals surface area contributed by atoms with Gasteiger partial charge in [-0.15, -0.1) is 11.6 Å². The zero-order valence-corrected chi connectivity index (χ0v) is 13.1. The van der Waals surface area contributed by atoms with Crippen LogP contribution in [0.1, 0.15) is 24.4 Å². The molecule has 20 heavy (non-hydrogen) atoms. The standard InChI is InChI=1S/C14H12BrClN4/c1-9(10-2-4-17-5-3-10)20-13(7-16)19-12-6-11(15)8-18-14(12)20/h2-6,8-9H,7H2,1H3. The normalized spacial score (nSPS) is 12.8. The van der Waals surface area contributed by atoms with Gasteiger partial charge in [0.1, 0.15) is 11.3 Å². The lowest BCUT2D eigenvalue weighted by Gasteiger charge is -2.16. The molecule has 0 amide bonds. The minimum atomic E-state index is 0.102. The molecule has 0 aliphatic heterocycles. The van der Waals surface area contributed by atoms with E-state index >= 15 is 0 Å². The van der Waals surface area contributed by atoms with Gasteiger partial charge >= 0.3 is 0 Å². The second-order valence-corrected chi connectivity index (χ2v) is 5.67. The van der Waals surface area contributed by atoms with Gasteiger partial charge in [-0.25, -0.2) is 9.97 Å². The SMILES string of the molecule is CC(c1ccncc1)n1c(CCl)nc2cc(Br)cnc21. The molecule has 4 nitrogen and oxygen atoms in total. The molecule has 102 valence electrons. The van der Waals surface area contributed by atoms with Crippen LogP contribution in [0.3, 0.4) is 0 Å². The summed E-state index contributed by atoms with van der Waals surface area (Å²) >= 11 is 9.46. The summed E-state index contributed by atoms with van der Waals surface area (Å²) < 4.78 is 2.98. The summed E-state index contributed by atoms with van der Waals surface area (Å²) in [5.74, 6) is 1.17. The van der Waals surface area contributed by atoms with E-state index in [0.29, 0.717) is 5.88 Å². The van der Waals surface area contributed by atoms with Crippen LogP contribution in [0.2, 0.25) is 0 Å². The smallest absolute Gasteiger partial charge is 0.160 e. The van der Waals surface area contributed by atoms with E-state index in [1.54, 1.807) is 18.6 Å². The molecule has 0 radical (unpaired) electrons. The summed E-state index contributed by atoms with van der Waals surface area (Å²) in [6.45, 7) is 2.11. The molecular weight excluding hydrogens is 340 g/mol. The van der Waals surface area contributed by atoms with Crippen molar-refractivity contribution in [1.82, 2.24) is 19.5 Å². The summed E-state index contributed by atoms with van der Waals surface area (Å²) in [6.07, 6.45) is 5.35. The quantitative estimate of drug-likeness (QED) is 0.671. The minimum Gasteiger partial charge on any atom is -0.304 e. The Kier molecular flexibility index (Phi) is 3.72. The third-order valence-corrected chi connectivity index (χ3v) is 3.94. The van der Waals surface area contributed by atoms with Crippen LogP contribution in [0, 0.1) is 0 Å².